The lowest BCUT2D eigenvalue weighted by Crippen LogP contribution is -2.08. The van der Waals surface area contributed by atoms with Gasteiger partial charge in [0.15, 0.2) is 0 Å². The highest BCUT2D eigenvalue weighted by atomic mass is 19.4. The molecular formula is C17H13F3O2. The van der Waals surface area contributed by atoms with Crippen molar-refractivity contribution in [3.8, 4) is 5.75 Å². The van der Waals surface area contributed by atoms with Crippen LogP contribution >= 0.6 is 0 Å². The van der Waals surface area contributed by atoms with E-state index in [1.807, 2.05) is 25.1 Å². The van der Waals surface area contributed by atoms with Gasteiger partial charge in [-0.25, -0.2) is 0 Å². The van der Waals surface area contributed by atoms with Crippen LogP contribution in [0.5, 0.6) is 5.75 Å². The zero-order valence-electron chi connectivity index (χ0n) is 11.8. The van der Waals surface area contributed by atoms with Crippen molar-refractivity contribution in [2.45, 2.75) is 19.7 Å². The van der Waals surface area contributed by atoms with E-state index in [1.165, 1.54) is 18.2 Å². The molecule has 2 nitrogen and oxygen atoms in total. The van der Waals surface area contributed by atoms with Crippen LogP contribution < -0.4 is 4.74 Å². The van der Waals surface area contributed by atoms with Gasteiger partial charge in [-0.1, -0.05) is 24.3 Å². The number of furan rings is 1. The molecule has 0 amide bonds. The van der Waals surface area contributed by atoms with E-state index in [0.29, 0.717) is 11.3 Å². The molecule has 1 aromatic heterocycles. The molecule has 0 radical (unpaired) electrons. The molecule has 0 aliphatic heterocycles. The van der Waals surface area contributed by atoms with E-state index in [1.54, 1.807) is 6.07 Å². The van der Waals surface area contributed by atoms with Crippen LogP contribution in [0.4, 0.5) is 13.2 Å². The Morgan fingerprint density at radius 1 is 1.05 bits per heavy atom. The number of hydrogen-bond acceptors (Lipinski definition) is 2. The first-order valence-electron chi connectivity index (χ1n) is 6.71. The van der Waals surface area contributed by atoms with Crippen LogP contribution in [0.1, 0.15) is 16.9 Å². The van der Waals surface area contributed by atoms with E-state index in [2.05, 4.69) is 0 Å². The van der Waals surface area contributed by atoms with Crippen molar-refractivity contribution < 1.29 is 22.3 Å². The standard InChI is InChI=1S/C17H13F3O2/c1-11-6-7-12-9-13(22-16(12)8-11)10-21-15-5-3-2-4-14(15)17(18,19)20/h2-9H,10H2,1H3. The van der Waals surface area contributed by atoms with E-state index < -0.39 is 11.7 Å². The summed E-state index contributed by atoms with van der Waals surface area (Å²) in [6.07, 6.45) is -4.44. The maximum atomic E-state index is 12.9. The average Bonchev–Trinajstić information content (AvgIpc) is 2.86. The molecule has 22 heavy (non-hydrogen) atoms. The van der Waals surface area contributed by atoms with Gasteiger partial charge in [0.1, 0.15) is 23.7 Å². The summed E-state index contributed by atoms with van der Waals surface area (Å²) in [4.78, 5) is 0. The molecule has 114 valence electrons. The van der Waals surface area contributed by atoms with E-state index in [0.717, 1.165) is 17.0 Å². The molecular weight excluding hydrogens is 293 g/mol. The van der Waals surface area contributed by atoms with E-state index in [9.17, 15) is 13.2 Å². The summed E-state index contributed by atoms with van der Waals surface area (Å²) in [6, 6.07) is 12.6. The molecule has 0 aliphatic carbocycles. The van der Waals surface area contributed by atoms with E-state index in [4.69, 9.17) is 9.15 Å². The highest BCUT2D eigenvalue weighted by Crippen LogP contribution is 2.36. The summed E-state index contributed by atoms with van der Waals surface area (Å²) in [6.45, 7) is 1.89. The predicted octanol–water partition coefficient (Wildman–Crippen LogP) is 5.34. The fourth-order valence-electron chi connectivity index (χ4n) is 2.24. The third kappa shape index (κ3) is 2.93. The number of fused-ring (bicyclic) bond motifs is 1. The first kappa shape index (κ1) is 14.5. The van der Waals surface area contributed by atoms with E-state index in [-0.39, 0.29) is 12.4 Å². The Bertz CT molecular complexity index is 803. The Morgan fingerprint density at radius 3 is 2.59 bits per heavy atom. The van der Waals surface area contributed by atoms with Crippen LogP contribution in [0.25, 0.3) is 11.0 Å². The first-order chi connectivity index (χ1) is 10.4. The lowest BCUT2D eigenvalue weighted by Gasteiger charge is -2.12. The fourth-order valence-corrected chi connectivity index (χ4v) is 2.24. The largest absolute Gasteiger partial charge is 0.485 e. The van der Waals surface area contributed by atoms with Gasteiger partial charge in [0.25, 0.3) is 0 Å². The van der Waals surface area contributed by atoms with Crippen LogP contribution in [0.15, 0.2) is 52.9 Å². The molecule has 0 saturated heterocycles. The molecule has 0 bridgehead atoms. The van der Waals surface area contributed by atoms with E-state index >= 15 is 0 Å². The molecule has 2 aromatic carbocycles. The molecule has 0 saturated carbocycles. The van der Waals surface area contributed by atoms with Gasteiger partial charge in [0.2, 0.25) is 0 Å². The quantitative estimate of drug-likeness (QED) is 0.652. The highest BCUT2D eigenvalue weighted by Gasteiger charge is 2.34. The predicted molar refractivity (Wildman–Crippen MR) is 76.7 cm³/mol. The lowest BCUT2D eigenvalue weighted by atomic mass is 10.2. The minimum atomic E-state index is -4.44. The molecule has 0 atom stereocenters. The van der Waals surface area contributed by atoms with Gasteiger partial charge < -0.3 is 9.15 Å². The van der Waals surface area contributed by atoms with Crippen LogP contribution in [-0.4, -0.2) is 0 Å². The number of alkyl halides is 3. The van der Waals surface area contributed by atoms with Gasteiger partial charge in [-0.3, -0.25) is 0 Å². The number of rotatable bonds is 3. The summed E-state index contributed by atoms with van der Waals surface area (Å²) in [7, 11) is 0. The summed E-state index contributed by atoms with van der Waals surface area (Å²) in [5, 5.41) is 0.897. The molecule has 0 unspecified atom stereocenters. The van der Waals surface area contributed by atoms with Gasteiger partial charge >= 0.3 is 6.18 Å². The molecule has 0 aliphatic rings. The van der Waals surface area contributed by atoms with Crippen LogP contribution in [0.3, 0.4) is 0 Å². The Balaban J connectivity index is 1.82. The van der Waals surface area contributed by atoms with Gasteiger partial charge in [0.05, 0.1) is 5.56 Å². The molecule has 0 spiro atoms. The van der Waals surface area contributed by atoms with Crippen molar-refractivity contribution in [3.05, 3.63) is 65.4 Å². The van der Waals surface area contributed by atoms with Crippen molar-refractivity contribution in [2.75, 3.05) is 0 Å². The molecule has 3 rings (SSSR count). The third-order valence-corrected chi connectivity index (χ3v) is 3.29. The molecule has 0 N–H and O–H groups in total. The van der Waals surface area contributed by atoms with Crippen LogP contribution in [-0.2, 0) is 12.8 Å². The maximum absolute atomic E-state index is 12.9. The van der Waals surface area contributed by atoms with Crippen LogP contribution in [0.2, 0.25) is 0 Å². The second-order valence-corrected chi connectivity index (χ2v) is 5.04. The normalized spacial score (nSPS) is 11.8. The monoisotopic (exact) mass is 306 g/mol. The Labute approximate surface area is 125 Å². The maximum Gasteiger partial charge on any atom is 0.419 e. The number of hydrogen-bond donors (Lipinski definition) is 0. The topological polar surface area (TPSA) is 22.4 Å². The summed E-state index contributed by atoms with van der Waals surface area (Å²) in [5.74, 6) is 0.282. The zero-order valence-corrected chi connectivity index (χ0v) is 11.8. The minimum absolute atomic E-state index is 0.0547. The average molecular weight is 306 g/mol. The molecule has 0 fully saturated rings. The minimum Gasteiger partial charge on any atom is -0.485 e. The second kappa shape index (κ2) is 5.40. The number of para-hydroxylation sites is 1. The molecule has 1 heterocycles. The Morgan fingerprint density at radius 2 is 1.82 bits per heavy atom. The van der Waals surface area contributed by atoms with Crippen molar-refractivity contribution in [2.24, 2.45) is 0 Å². The highest BCUT2D eigenvalue weighted by molar-refractivity contribution is 5.78. The summed E-state index contributed by atoms with van der Waals surface area (Å²) in [5.41, 5.74) is 0.960. The number of ether oxygens (including phenoxy) is 1. The second-order valence-electron chi connectivity index (χ2n) is 5.04. The van der Waals surface area contributed by atoms with Gasteiger partial charge in [0, 0.05) is 5.39 Å². The van der Waals surface area contributed by atoms with Crippen molar-refractivity contribution in [1.29, 1.82) is 0 Å². The Hall–Kier alpha value is -2.43. The third-order valence-electron chi connectivity index (χ3n) is 3.29. The number of benzene rings is 2. The number of halogens is 3. The molecule has 5 heteroatoms. The van der Waals surface area contributed by atoms with Crippen LogP contribution in [0, 0.1) is 6.92 Å². The van der Waals surface area contributed by atoms with Gasteiger partial charge in [-0.2, -0.15) is 13.2 Å². The van der Waals surface area contributed by atoms with Crippen molar-refractivity contribution in [1.82, 2.24) is 0 Å². The zero-order chi connectivity index (χ0) is 15.7. The van der Waals surface area contributed by atoms with Gasteiger partial charge in [-0.05, 0) is 36.8 Å². The van der Waals surface area contributed by atoms with Crippen molar-refractivity contribution >= 4 is 11.0 Å². The summed E-state index contributed by atoms with van der Waals surface area (Å²) >= 11 is 0. The smallest absolute Gasteiger partial charge is 0.419 e. The van der Waals surface area contributed by atoms with Crippen molar-refractivity contribution in [3.63, 3.8) is 0 Å². The SMILES string of the molecule is Cc1ccc2cc(COc3ccccc3C(F)(F)F)oc2c1. The fraction of sp³-hybridized carbons (Fsp3) is 0.176. The number of aryl methyl sites for hydroxylation is 1. The molecule has 3 aromatic rings. The summed E-state index contributed by atoms with van der Waals surface area (Å²) < 4.78 is 49.5. The lowest BCUT2D eigenvalue weighted by molar-refractivity contribution is -0.139. The first-order valence-corrected chi connectivity index (χ1v) is 6.71. The Kier molecular flexibility index (Phi) is 3.56. The van der Waals surface area contributed by atoms with Gasteiger partial charge in [-0.15, -0.1) is 0 Å².